The van der Waals surface area contributed by atoms with Gasteiger partial charge in [0.1, 0.15) is 11.6 Å². The van der Waals surface area contributed by atoms with Gasteiger partial charge in [0, 0.05) is 43.4 Å². The van der Waals surface area contributed by atoms with Gasteiger partial charge in [-0.15, -0.1) is 11.3 Å². The Balaban J connectivity index is 1.53. The second-order valence-corrected chi connectivity index (χ2v) is 8.85. The number of benzene rings is 1. The smallest absolute Gasteiger partial charge is 0.255 e. The van der Waals surface area contributed by atoms with E-state index >= 15 is 0 Å². The van der Waals surface area contributed by atoms with Gasteiger partial charge in [-0.2, -0.15) is 0 Å². The molecule has 0 atom stereocenters. The number of aliphatic hydroxyl groups excluding tert-OH is 1. The first-order valence-corrected chi connectivity index (χ1v) is 11.8. The number of carbonyl (C=O) groups excluding carboxylic acids is 1. The normalized spacial score (nSPS) is 10.8. The quantitative estimate of drug-likeness (QED) is 0.315. The molecular weight excluding hydrogens is 451 g/mol. The lowest BCUT2D eigenvalue weighted by atomic mass is 10.1. The Morgan fingerprint density at radius 2 is 1.91 bits per heavy atom. The Bertz CT molecular complexity index is 1250. The van der Waals surface area contributed by atoms with Crippen LogP contribution in [0.1, 0.15) is 26.4 Å². The van der Waals surface area contributed by atoms with Crippen molar-refractivity contribution in [3.8, 4) is 10.6 Å². The van der Waals surface area contributed by atoms with Crippen molar-refractivity contribution < 1.29 is 14.3 Å². The van der Waals surface area contributed by atoms with Crippen LogP contribution >= 0.6 is 11.3 Å². The third-order valence-electron chi connectivity index (χ3n) is 5.18. The monoisotopic (exact) mass is 476 g/mol. The molecule has 0 spiro atoms. The van der Waals surface area contributed by atoms with E-state index in [1.165, 1.54) is 12.1 Å². The van der Waals surface area contributed by atoms with Gasteiger partial charge in [-0.05, 0) is 60.0 Å². The van der Waals surface area contributed by atoms with E-state index in [9.17, 15) is 14.3 Å². The molecule has 0 fully saturated rings. The Kier molecular flexibility index (Phi) is 7.95. The summed E-state index contributed by atoms with van der Waals surface area (Å²) < 4.78 is 13.5. The van der Waals surface area contributed by atoms with Crippen LogP contribution in [0, 0.1) is 5.82 Å². The Labute approximate surface area is 201 Å². The highest BCUT2D eigenvalue weighted by Crippen LogP contribution is 2.29. The van der Waals surface area contributed by atoms with Crippen LogP contribution in [0.4, 0.5) is 10.2 Å². The minimum Gasteiger partial charge on any atom is -0.396 e. The van der Waals surface area contributed by atoms with Crippen molar-refractivity contribution in [3.05, 3.63) is 100 Å². The summed E-state index contributed by atoms with van der Waals surface area (Å²) in [4.78, 5) is 23.8. The van der Waals surface area contributed by atoms with Gasteiger partial charge in [0.15, 0.2) is 0 Å². The topological polar surface area (TPSA) is 87.1 Å². The number of aromatic nitrogens is 2. The number of nitrogens with one attached hydrogen (secondary N) is 2. The Morgan fingerprint density at radius 1 is 1.03 bits per heavy atom. The summed E-state index contributed by atoms with van der Waals surface area (Å²) in [6, 6.07) is 17.7. The minimum absolute atomic E-state index is 0.0936. The Morgan fingerprint density at radius 3 is 2.71 bits per heavy atom. The molecule has 0 unspecified atom stereocenters. The molecule has 3 heterocycles. The first-order chi connectivity index (χ1) is 16.6. The van der Waals surface area contributed by atoms with Crippen LogP contribution in [-0.4, -0.2) is 34.1 Å². The van der Waals surface area contributed by atoms with E-state index in [1.54, 1.807) is 35.9 Å². The molecule has 1 amide bonds. The van der Waals surface area contributed by atoms with Crippen molar-refractivity contribution in [2.45, 2.75) is 19.4 Å². The fraction of sp³-hybridized carbons (Fsp3) is 0.192. The number of thiophene rings is 1. The maximum Gasteiger partial charge on any atom is 0.255 e. The van der Waals surface area contributed by atoms with Gasteiger partial charge < -0.3 is 15.7 Å². The fourth-order valence-corrected chi connectivity index (χ4v) is 4.44. The summed E-state index contributed by atoms with van der Waals surface area (Å²) in [6.07, 6.45) is 4.57. The maximum absolute atomic E-state index is 13.5. The van der Waals surface area contributed by atoms with Crippen LogP contribution in [0.15, 0.2) is 73.1 Å². The predicted molar refractivity (Wildman–Crippen MR) is 132 cm³/mol. The first kappa shape index (κ1) is 23.5. The predicted octanol–water partition coefficient (Wildman–Crippen LogP) is 4.46. The van der Waals surface area contributed by atoms with E-state index in [0.29, 0.717) is 37.3 Å². The largest absolute Gasteiger partial charge is 0.396 e. The van der Waals surface area contributed by atoms with Crippen LogP contribution in [0.3, 0.4) is 0 Å². The molecule has 8 heteroatoms. The summed E-state index contributed by atoms with van der Waals surface area (Å²) in [5.74, 6) is -0.0533. The molecule has 0 saturated heterocycles. The number of hydrogen-bond acceptors (Lipinski definition) is 6. The molecule has 0 aliphatic heterocycles. The first-order valence-electron chi connectivity index (χ1n) is 11.0. The van der Waals surface area contributed by atoms with Gasteiger partial charge in [-0.25, -0.2) is 9.37 Å². The van der Waals surface area contributed by atoms with Crippen LogP contribution in [-0.2, 0) is 19.4 Å². The molecule has 0 radical (unpaired) electrons. The molecule has 3 aromatic heterocycles. The van der Waals surface area contributed by atoms with E-state index in [0.717, 1.165) is 26.6 Å². The van der Waals surface area contributed by atoms with E-state index in [2.05, 4.69) is 15.6 Å². The van der Waals surface area contributed by atoms with E-state index in [-0.39, 0.29) is 18.3 Å². The number of aliphatic hydroxyl groups is 1. The zero-order valence-electron chi connectivity index (χ0n) is 18.5. The molecule has 0 bridgehead atoms. The molecule has 4 rings (SSSR count). The number of nitrogens with zero attached hydrogens (tertiary/aromatic N) is 2. The highest BCUT2D eigenvalue weighted by Gasteiger charge is 2.15. The Hall–Kier alpha value is -3.62. The second-order valence-electron chi connectivity index (χ2n) is 7.68. The highest BCUT2D eigenvalue weighted by atomic mass is 32.1. The zero-order valence-corrected chi connectivity index (χ0v) is 19.3. The third-order valence-corrected chi connectivity index (χ3v) is 6.35. The average Bonchev–Trinajstić information content (AvgIpc) is 3.32. The van der Waals surface area contributed by atoms with E-state index in [4.69, 9.17) is 4.98 Å². The lowest BCUT2D eigenvalue weighted by Crippen LogP contribution is -2.24. The molecule has 34 heavy (non-hydrogen) atoms. The lowest BCUT2D eigenvalue weighted by Gasteiger charge is -2.13. The third kappa shape index (κ3) is 6.24. The minimum atomic E-state index is -0.274. The number of halogens is 1. The molecular formula is C26H25FN4O2S. The number of hydrogen-bond donors (Lipinski definition) is 3. The molecule has 3 N–H and O–H groups in total. The van der Waals surface area contributed by atoms with Gasteiger partial charge in [0.2, 0.25) is 0 Å². The molecule has 0 aliphatic carbocycles. The van der Waals surface area contributed by atoms with Crippen LogP contribution in [0.2, 0.25) is 0 Å². The van der Waals surface area contributed by atoms with Crippen molar-refractivity contribution in [2.24, 2.45) is 0 Å². The van der Waals surface area contributed by atoms with E-state index < -0.39 is 0 Å². The zero-order chi connectivity index (χ0) is 23.8. The van der Waals surface area contributed by atoms with Gasteiger partial charge in [-0.1, -0.05) is 18.2 Å². The van der Waals surface area contributed by atoms with Gasteiger partial charge >= 0.3 is 0 Å². The molecule has 1 aromatic carbocycles. The molecule has 4 aromatic rings. The van der Waals surface area contributed by atoms with Gasteiger partial charge in [0.05, 0.1) is 16.1 Å². The number of amides is 1. The maximum atomic E-state index is 13.5. The number of anilines is 1. The highest BCUT2D eigenvalue weighted by molar-refractivity contribution is 7.15. The van der Waals surface area contributed by atoms with Crippen LogP contribution in [0.5, 0.6) is 0 Å². The lowest BCUT2D eigenvalue weighted by molar-refractivity contribution is 0.0951. The molecule has 6 nitrogen and oxygen atoms in total. The summed E-state index contributed by atoms with van der Waals surface area (Å²) in [5.41, 5.74) is 2.93. The van der Waals surface area contributed by atoms with Crippen LogP contribution in [0.25, 0.3) is 10.6 Å². The van der Waals surface area contributed by atoms with Crippen LogP contribution < -0.4 is 10.6 Å². The summed E-state index contributed by atoms with van der Waals surface area (Å²) in [7, 11) is 0. The SMILES string of the molecule is O=C(NCc1cccnc1)c1ccc(-c2ccc(CCO)s2)nc1NCCc1cccc(F)c1. The van der Waals surface area contributed by atoms with Crippen molar-refractivity contribution in [1.82, 2.24) is 15.3 Å². The molecule has 0 saturated carbocycles. The van der Waals surface area contributed by atoms with Crippen molar-refractivity contribution in [1.29, 1.82) is 0 Å². The molecule has 174 valence electrons. The van der Waals surface area contributed by atoms with Crippen molar-refractivity contribution in [2.75, 3.05) is 18.5 Å². The van der Waals surface area contributed by atoms with Gasteiger partial charge in [0.25, 0.3) is 5.91 Å². The van der Waals surface area contributed by atoms with Gasteiger partial charge in [-0.3, -0.25) is 9.78 Å². The molecule has 0 aliphatic rings. The summed E-state index contributed by atoms with van der Waals surface area (Å²) in [6.45, 7) is 0.936. The number of rotatable bonds is 10. The fourth-order valence-electron chi connectivity index (χ4n) is 3.47. The average molecular weight is 477 g/mol. The van der Waals surface area contributed by atoms with Crippen molar-refractivity contribution >= 4 is 23.1 Å². The second kappa shape index (κ2) is 11.5. The van der Waals surface area contributed by atoms with E-state index in [1.807, 2.05) is 36.4 Å². The number of carbonyl (C=O) groups is 1. The summed E-state index contributed by atoms with van der Waals surface area (Å²) >= 11 is 1.56. The van der Waals surface area contributed by atoms with Crippen molar-refractivity contribution in [3.63, 3.8) is 0 Å². The number of pyridine rings is 2. The standard InChI is InChI=1S/C26H25FN4O2S/c27-20-5-1-3-18(15-20)10-13-29-25-22(26(33)30-17-19-4-2-12-28-16-19)7-8-23(31-25)24-9-6-21(34-24)11-14-32/h1-9,12,15-16,32H,10-11,13-14,17H2,(H,29,31)(H,30,33). The summed E-state index contributed by atoms with van der Waals surface area (Å²) in [5, 5.41) is 15.4.